The standard InChI is InChI=1S/C28H22BrF3N6O/c1-17-4-2-3-5-21(17)27(39)35-20-9-6-18(7-10-20)16-38-23-12-11-22(25(29)26(23)36-37-38)33-14-19-8-13-24(34-15-19)28(30,31)32/h2-13,15,33H,14,16H2,1H3,(H,35,39). The SMILES string of the molecule is Cc1ccccc1C(=O)Nc1ccc(Cn2nnc3c(Br)c(NCc4ccc(C(F)(F)F)nc4)ccc32)cc1. The van der Waals surface area contributed by atoms with Crippen LogP contribution in [0.15, 0.2) is 83.5 Å². The summed E-state index contributed by atoms with van der Waals surface area (Å²) in [5.74, 6) is -0.160. The van der Waals surface area contributed by atoms with Crippen LogP contribution >= 0.6 is 15.9 Å². The van der Waals surface area contributed by atoms with E-state index < -0.39 is 11.9 Å². The first-order chi connectivity index (χ1) is 18.7. The smallest absolute Gasteiger partial charge is 0.380 e. The molecule has 1 amide bonds. The highest BCUT2D eigenvalue weighted by atomic mass is 79.9. The van der Waals surface area contributed by atoms with E-state index in [1.165, 1.54) is 12.3 Å². The molecule has 11 heteroatoms. The molecule has 198 valence electrons. The van der Waals surface area contributed by atoms with Crippen LogP contribution in [0.25, 0.3) is 11.0 Å². The quantitative estimate of drug-likeness (QED) is 0.216. The molecular weight excluding hydrogens is 573 g/mol. The summed E-state index contributed by atoms with van der Waals surface area (Å²) >= 11 is 3.57. The van der Waals surface area contributed by atoms with Gasteiger partial charge in [0.25, 0.3) is 5.91 Å². The van der Waals surface area contributed by atoms with Gasteiger partial charge >= 0.3 is 6.18 Å². The molecule has 0 spiro atoms. The third-order valence-corrected chi connectivity index (χ3v) is 6.96. The molecule has 0 unspecified atom stereocenters. The van der Waals surface area contributed by atoms with Gasteiger partial charge in [0.2, 0.25) is 0 Å². The van der Waals surface area contributed by atoms with Crippen molar-refractivity contribution in [3.63, 3.8) is 0 Å². The number of rotatable bonds is 7. The zero-order valence-electron chi connectivity index (χ0n) is 20.6. The Morgan fingerprint density at radius 2 is 1.72 bits per heavy atom. The van der Waals surface area contributed by atoms with E-state index in [1.54, 1.807) is 10.7 Å². The highest BCUT2D eigenvalue weighted by molar-refractivity contribution is 9.10. The lowest BCUT2D eigenvalue weighted by Crippen LogP contribution is -2.13. The Labute approximate surface area is 230 Å². The lowest BCUT2D eigenvalue weighted by Gasteiger charge is -2.11. The van der Waals surface area contributed by atoms with E-state index in [2.05, 4.69) is 41.9 Å². The third kappa shape index (κ3) is 5.93. The number of aryl methyl sites for hydroxylation is 1. The summed E-state index contributed by atoms with van der Waals surface area (Å²) in [6.07, 6.45) is -3.26. The van der Waals surface area contributed by atoms with Gasteiger partial charge in [-0.2, -0.15) is 13.2 Å². The minimum Gasteiger partial charge on any atom is -0.380 e. The Kier molecular flexibility index (Phi) is 7.34. The summed E-state index contributed by atoms with van der Waals surface area (Å²) < 4.78 is 40.7. The number of anilines is 2. The Hall–Kier alpha value is -4.25. The average Bonchev–Trinajstić information content (AvgIpc) is 3.32. The number of pyridine rings is 1. The van der Waals surface area contributed by atoms with Crippen molar-refractivity contribution in [2.75, 3.05) is 10.6 Å². The van der Waals surface area contributed by atoms with Crippen molar-refractivity contribution in [1.29, 1.82) is 0 Å². The van der Waals surface area contributed by atoms with E-state index in [0.29, 0.717) is 33.3 Å². The molecule has 0 saturated carbocycles. The van der Waals surface area contributed by atoms with E-state index >= 15 is 0 Å². The zero-order chi connectivity index (χ0) is 27.6. The molecule has 0 atom stereocenters. The molecule has 2 aromatic heterocycles. The van der Waals surface area contributed by atoms with Gasteiger partial charge in [0.05, 0.1) is 22.2 Å². The molecule has 0 aliphatic carbocycles. The largest absolute Gasteiger partial charge is 0.433 e. The van der Waals surface area contributed by atoms with E-state index in [4.69, 9.17) is 0 Å². The van der Waals surface area contributed by atoms with Crippen LogP contribution in [0.5, 0.6) is 0 Å². The summed E-state index contributed by atoms with van der Waals surface area (Å²) in [5.41, 5.74) is 5.07. The average molecular weight is 595 g/mol. The molecule has 0 bridgehead atoms. The van der Waals surface area contributed by atoms with Gasteiger partial charge in [0.15, 0.2) is 0 Å². The number of nitrogens with one attached hydrogen (secondary N) is 2. The molecule has 5 aromatic rings. The van der Waals surface area contributed by atoms with Crippen LogP contribution in [0.4, 0.5) is 24.5 Å². The number of alkyl halides is 3. The van der Waals surface area contributed by atoms with Crippen molar-refractivity contribution in [1.82, 2.24) is 20.0 Å². The van der Waals surface area contributed by atoms with E-state index in [9.17, 15) is 18.0 Å². The van der Waals surface area contributed by atoms with Crippen molar-refractivity contribution in [2.24, 2.45) is 0 Å². The molecule has 0 aliphatic rings. The van der Waals surface area contributed by atoms with Crippen LogP contribution in [0.1, 0.15) is 32.7 Å². The normalized spacial score (nSPS) is 11.5. The second kappa shape index (κ2) is 10.9. The summed E-state index contributed by atoms with van der Waals surface area (Å²) in [7, 11) is 0. The molecule has 5 rings (SSSR count). The van der Waals surface area contributed by atoms with Gasteiger partial charge in [0, 0.05) is 24.0 Å². The highest BCUT2D eigenvalue weighted by Gasteiger charge is 2.32. The summed E-state index contributed by atoms with van der Waals surface area (Å²) in [4.78, 5) is 16.1. The molecule has 7 nitrogen and oxygen atoms in total. The predicted octanol–water partition coefficient (Wildman–Crippen LogP) is 6.83. The zero-order valence-corrected chi connectivity index (χ0v) is 22.2. The summed E-state index contributed by atoms with van der Waals surface area (Å²) in [5, 5.41) is 14.7. The maximum Gasteiger partial charge on any atom is 0.433 e. The summed E-state index contributed by atoms with van der Waals surface area (Å²) in [6.45, 7) is 2.66. The fourth-order valence-corrected chi connectivity index (χ4v) is 4.60. The lowest BCUT2D eigenvalue weighted by atomic mass is 10.1. The molecule has 0 aliphatic heterocycles. The number of amides is 1. The van der Waals surface area contributed by atoms with Gasteiger partial charge in [0.1, 0.15) is 11.2 Å². The summed E-state index contributed by atoms with van der Waals surface area (Å²) in [6, 6.07) is 21.0. The second-order valence-corrected chi connectivity index (χ2v) is 9.70. The molecule has 0 fully saturated rings. The van der Waals surface area contributed by atoms with Gasteiger partial charge in [-0.15, -0.1) is 5.10 Å². The molecule has 0 radical (unpaired) electrons. The molecule has 2 N–H and O–H groups in total. The van der Waals surface area contributed by atoms with Crippen molar-refractivity contribution in [3.05, 3.63) is 111 Å². The number of carbonyl (C=O) groups is 1. The number of hydrogen-bond acceptors (Lipinski definition) is 5. The molecule has 3 aromatic carbocycles. The predicted molar refractivity (Wildman–Crippen MR) is 146 cm³/mol. The van der Waals surface area contributed by atoms with Crippen LogP contribution in [0, 0.1) is 6.92 Å². The number of halogens is 4. The minimum atomic E-state index is -4.47. The van der Waals surface area contributed by atoms with E-state index in [1.807, 2.05) is 61.5 Å². The Bertz CT molecular complexity index is 1630. The fraction of sp³-hybridized carbons (Fsp3) is 0.143. The maximum absolute atomic E-state index is 12.7. The topological polar surface area (TPSA) is 84.7 Å². The van der Waals surface area contributed by atoms with Gasteiger partial charge in [-0.05, 0) is 75.9 Å². The molecule has 39 heavy (non-hydrogen) atoms. The van der Waals surface area contributed by atoms with Crippen molar-refractivity contribution < 1.29 is 18.0 Å². The number of aromatic nitrogens is 4. The Morgan fingerprint density at radius 3 is 2.41 bits per heavy atom. The lowest BCUT2D eigenvalue weighted by molar-refractivity contribution is -0.141. The van der Waals surface area contributed by atoms with Gasteiger partial charge in [-0.1, -0.05) is 41.6 Å². The van der Waals surface area contributed by atoms with Crippen LogP contribution in [0.3, 0.4) is 0 Å². The molecule has 2 heterocycles. The van der Waals surface area contributed by atoms with Gasteiger partial charge in [-0.25, -0.2) is 4.68 Å². The number of nitrogens with zero attached hydrogens (tertiary/aromatic N) is 4. The van der Waals surface area contributed by atoms with E-state index in [0.717, 1.165) is 28.4 Å². The minimum absolute atomic E-state index is 0.160. The van der Waals surface area contributed by atoms with Gasteiger partial charge < -0.3 is 10.6 Å². The van der Waals surface area contributed by atoms with Crippen molar-refractivity contribution in [2.45, 2.75) is 26.2 Å². The molecular formula is C28H22BrF3N6O. The number of carbonyl (C=O) groups excluding carboxylic acids is 1. The van der Waals surface area contributed by atoms with Crippen molar-refractivity contribution in [3.8, 4) is 0 Å². The van der Waals surface area contributed by atoms with Crippen LogP contribution in [-0.2, 0) is 19.3 Å². The fourth-order valence-electron chi connectivity index (χ4n) is 4.04. The maximum atomic E-state index is 12.7. The Morgan fingerprint density at radius 1 is 0.974 bits per heavy atom. The van der Waals surface area contributed by atoms with Crippen LogP contribution < -0.4 is 10.6 Å². The third-order valence-electron chi connectivity index (χ3n) is 6.16. The van der Waals surface area contributed by atoms with Crippen LogP contribution in [0.2, 0.25) is 0 Å². The number of hydrogen-bond donors (Lipinski definition) is 2. The highest BCUT2D eigenvalue weighted by Crippen LogP contribution is 2.31. The first-order valence-corrected chi connectivity index (χ1v) is 12.7. The molecule has 0 saturated heterocycles. The van der Waals surface area contributed by atoms with Crippen LogP contribution in [-0.4, -0.2) is 25.9 Å². The first kappa shape index (κ1) is 26.4. The second-order valence-electron chi connectivity index (χ2n) is 8.91. The monoisotopic (exact) mass is 594 g/mol. The van der Waals surface area contributed by atoms with Gasteiger partial charge in [-0.3, -0.25) is 9.78 Å². The number of fused-ring (bicyclic) bond motifs is 1. The number of benzene rings is 3. The van der Waals surface area contributed by atoms with E-state index in [-0.39, 0.29) is 12.5 Å². The first-order valence-electron chi connectivity index (χ1n) is 11.9. The van der Waals surface area contributed by atoms with Crippen molar-refractivity contribution >= 4 is 44.2 Å². The Balaban J connectivity index is 1.25.